The van der Waals surface area contributed by atoms with E-state index >= 15 is 0 Å². The molecular formula is C14H26N4OS. The van der Waals surface area contributed by atoms with Crippen LogP contribution in [0.5, 0.6) is 0 Å². The molecule has 6 heteroatoms. The minimum atomic E-state index is -0.123. The van der Waals surface area contributed by atoms with Gasteiger partial charge in [0.05, 0.1) is 6.04 Å². The van der Waals surface area contributed by atoms with Gasteiger partial charge in [0.25, 0.3) is 5.91 Å². The van der Waals surface area contributed by atoms with Crippen LogP contribution in [0.4, 0.5) is 0 Å². The van der Waals surface area contributed by atoms with Crippen molar-refractivity contribution in [2.24, 2.45) is 11.7 Å². The molecule has 0 bridgehead atoms. The Morgan fingerprint density at radius 1 is 1.35 bits per heavy atom. The van der Waals surface area contributed by atoms with Crippen molar-refractivity contribution in [2.45, 2.75) is 26.8 Å². The van der Waals surface area contributed by atoms with E-state index in [1.807, 2.05) is 31.3 Å². The van der Waals surface area contributed by atoms with E-state index in [0.717, 1.165) is 24.6 Å². The van der Waals surface area contributed by atoms with Crippen molar-refractivity contribution < 1.29 is 4.79 Å². The van der Waals surface area contributed by atoms with Crippen molar-refractivity contribution >= 4 is 17.2 Å². The molecule has 0 saturated carbocycles. The van der Waals surface area contributed by atoms with Crippen molar-refractivity contribution in [3.05, 3.63) is 16.1 Å². The number of rotatable bonds is 7. The van der Waals surface area contributed by atoms with Gasteiger partial charge in [0, 0.05) is 25.0 Å². The zero-order valence-electron chi connectivity index (χ0n) is 13.1. The summed E-state index contributed by atoms with van der Waals surface area (Å²) in [6, 6.07) is -0.123. The zero-order valence-corrected chi connectivity index (χ0v) is 13.9. The van der Waals surface area contributed by atoms with E-state index in [2.05, 4.69) is 23.7 Å². The predicted octanol–water partition coefficient (Wildman–Crippen LogP) is 1.82. The Labute approximate surface area is 125 Å². The van der Waals surface area contributed by atoms with Crippen LogP contribution in [0, 0.1) is 5.92 Å². The van der Waals surface area contributed by atoms with Crippen LogP contribution in [-0.2, 0) is 0 Å². The third-order valence-corrected chi connectivity index (χ3v) is 3.87. The van der Waals surface area contributed by atoms with Gasteiger partial charge in [0.1, 0.15) is 10.7 Å². The lowest BCUT2D eigenvalue weighted by atomic mass is 10.2. The van der Waals surface area contributed by atoms with Crippen LogP contribution < -0.4 is 5.73 Å². The average molecular weight is 298 g/mol. The Bertz CT molecular complexity index is 429. The Morgan fingerprint density at radius 3 is 2.45 bits per heavy atom. The molecule has 1 heterocycles. The predicted molar refractivity (Wildman–Crippen MR) is 84.0 cm³/mol. The largest absolute Gasteiger partial charge is 0.336 e. The van der Waals surface area contributed by atoms with Crippen LogP contribution in [-0.4, -0.2) is 54.4 Å². The molecule has 1 aromatic heterocycles. The topological polar surface area (TPSA) is 62.5 Å². The quantitative estimate of drug-likeness (QED) is 0.834. The highest BCUT2D eigenvalue weighted by molar-refractivity contribution is 7.09. The molecule has 0 saturated heterocycles. The number of hydrogen-bond donors (Lipinski definition) is 1. The monoisotopic (exact) mass is 298 g/mol. The van der Waals surface area contributed by atoms with Gasteiger partial charge in [0.15, 0.2) is 0 Å². The van der Waals surface area contributed by atoms with Crippen molar-refractivity contribution in [1.82, 2.24) is 14.8 Å². The minimum absolute atomic E-state index is 0.00343. The van der Waals surface area contributed by atoms with Gasteiger partial charge in [-0.25, -0.2) is 4.98 Å². The van der Waals surface area contributed by atoms with Gasteiger partial charge in [-0.1, -0.05) is 13.8 Å². The summed E-state index contributed by atoms with van der Waals surface area (Å²) in [4.78, 5) is 20.9. The van der Waals surface area contributed by atoms with Crippen molar-refractivity contribution in [3.8, 4) is 0 Å². The second-order valence-corrected chi connectivity index (χ2v) is 6.70. The van der Waals surface area contributed by atoms with Gasteiger partial charge in [-0.15, -0.1) is 11.3 Å². The maximum atomic E-state index is 12.5. The fourth-order valence-electron chi connectivity index (χ4n) is 1.79. The number of hydrogen-bond acceptors (Lipinski definition) is 5. The number of nitrogens with two attached hydrogens (primary N) is 1. The second kappa shape index (κ2) is 7.71. The van der Waals surface area contributed by atoms with Gasteiger partial charge in [-0.3, -0.25) is 4.79 Å². The second-order valence-electron chi connectivity index (χ2n) is 5.81. The van der Waals surface area contributed by atoms with Gasteiger partial charge < -0.3 is 15.5 Å². The normalized spacial score (nSPS) is 13.0. The molecule has 20 heavy (non-hydrogen) atoms. The molecular weight excluding hydrogens is 272 g/mol. The fraction of sp³-hybridized carbons (Fsp3) is 0.714. The number of thiazole rings is 1. The number of carbonyl (C=O) groups is 1. The molecule has 0 radical (unpaired) electrons. The Kier molecular flexibility index (Phi) is 6.58. The highest BCUT2D eigenvalue weighted by Crippen LogP contribution is 2.17. The summed E-state index contributed by atoms with van der Waals surface area (Å²) < 4.78 is 0. The van der Waals surface area contributed by atoms with Crippen LogP contribution >= 0.6 is 11.3 Å². The first kappa shape index (κ1) is 17.1. The molecule has 0 aliphatic carbocycles. The minimum Gasteiger partial charge on any atom is -0.336 e. The highest BCUT2D eigenvalue weighted by atomic mass is 32.1. The smallest absolute Gasteiger partial charge is 0.273 e. The molecule has 1 rings (SSSR count). The molecule has 0 spiro atoms. The highest BCUT2D eigenvalue weighted by Gasteiger charge is 2.20. The lowest BCUT2D eigenvalue weighted by Crippen LogP contribution is -2.39. The van der Waals surface area contributed by atoms with Gasteiger partial charge in [-0.2, -0.15) is 0 Å². The van der Waals surface area contributed by atoms with Gasteiger partial charge in [-0.05, 0) is 26.9 Å². The Balaban J connectivity index is 2.79. The molecule has 0 aromatic carbocycles. The third-order valence-electron chi connectivity index (χ3n) is 2.82. The summed E-state index contributed by atoms with van der Waals surface area (Å²) in [6.07, 6.45) is 0. The van der Waals surface area contributed by atoms with Crippen LogP contribution in [0.15, 0.2) is 5.38 Å². The first-order valence-corrected chi connectivity index (χ1v) is 7.84. The summed E-state index contributed by atoms with van der Waals surface area (Å²) in [6.45, 7) is 8.43. The van der Waals surface area contributed by atoms with E-state index in [0.29, 0.717) is 11.6 Å². The lowest BCUT2D eigenvalue weighted by Gasteiger charge is -2.25. The standard InChI is InChI=1S/C14H26N4OS/c1-10(2)8-18(7-6-17(4)5)14(19)12-9-20-13(16-12)11(3)15/h9-11H,6-8,15H2,1-5H3. The summed E-state index contributed by atoms with van der Waals surface area (Å²) >= 11 is 1.45. The maximum Gasteiger partial charge on any atom is 0.273 e. The molecule has 0 fully saturated rings. The summed E-state index contributed by atoms with van der Waals surface area (Å²) in [7, 11) is 4.02. The molecule has 1 unspecified atom stereocenters. The lowest BCUT2D eigenvalue weighted by molar-refractivity contribution is 0.0719. The van der Waals surface area contributed by atoms with Crippen LogP contribution in [0.25, 0.3) is 0 Å². The third kappa shape index (κ3) is 5.19. The fourth-order valence-corrected chi connectivity index (χ4v) is 2.55. The maximum absolute atomic E-state index is 12.5. The first-order chi connectivity index (χ1) is 9.31. The van der Waals surface area contributed by atoms with Crippen LogP contribution in [0.1, 0.15) is 42.3 Å². The van der Waals surface area contributed by atoms with E-state index in [1.165, 1.54) is 11.3 Å². The number of aromatic nitrogens is 1. The molecule has 1 amide bonds. The molecule has 0 aliphatic heterocycles. The summed E-state index contributed by atoms with van der Waals surface area (Å²) in [5.74, 6) is 0.441. The van der Waals surface area contributed by atoms with E-state index in [1.54, 1.807) is 0 Å². The van der Waals surface area contributed by atoms with Crippen LogP contribution in [0.2, 0.25) is 0 Å². The van der Waals surface area contributed by atoms with E-state index in [4.69, 9.17) is 5.73 Å². The Hall–Kier alpha value is -0.980. The SMILES string of the molecule is CC(C)CN(CCN(C)C)C(=O)c1csc(C(C)N)n1. The van der Waals surface area contributed by atoms with E-state index in [-0.39, 0.29) is 11.9 Å². The van der Waals surface area contributed by atoms with Crippen LogP contribution in [0.3, 0.4) is 0 Å². The summed E-state index contributed by atoms with van der Waals surface area (Å²) in [5, 5.41) is 2.62. The summed E-state index contributed by atoms with van der Waals surface area (Å²) in [5.41, 5.74) is 6.31. The van der Waals surface area contributed by atoms with E-state index in [9.17, 15) is 4.79 Å². The van der Waals surface area contributed by atoms with E-state index < -0.39 is 0 Å². The number of amides is 1. The number of likely N-dealkylation sites (N-methyl/N-ethyl adjacent to an activating group) is 1. The van der Waals surface area contributed by atoms with Gasteiger partial charge >= 0.3 is 0 Å². The van der Waals surface area contributed by atoms with Gasteiger partial charge in [0.2, 0.25) is 0 Å². The molecule has 2 N–H and O–H groups in total. The molecule has 1 atom stereocenters. The average Bonchev–Trinajstić information content (AvgIpc) is 2.82. The first-order valence-electron chi connectivity index (χ1n) is 6.96. The zero-order chi connectivity index (χ0) is 15.3. The number of carbonyl (C=O) groups excluding carboxylic acids is 1. The van der Waals surface area contributed by atoms with Crippen molar-refractivity contribution in [2.75, 3.05) is 33.7 Å². The van der Waals surface area contributed by atoms with Crippen molar-refractivity contribution in [3.63, 3.8) is 0 Å². The molecule has 114 valence electrons. The molecule has 0 aliphatic rings. The molecule has 5 nitrogen and oxygen atoms in total. The number of nitrogens with zero attached hydrogens (tertiary/aromatic N) is 3. The van der Waals surface area contributed by atoms with Crippen molar-refractivity contribution in [1.29, 1.82) is 0 Å². The molecule has 1 aromatic rings. The Morgan fingerprint density at radius 2 is 2.00 bits per heavy atom.